The zero-order valence-electron chi connectivity index (χ0n) is 16.6. The van der Waals surface area contributed by atoms with E-state index in [1.807, 2.05) is 79.7 Å². The van der Waals surface area contributed by atoms with E-state index >= 15 is 0 Å². The molecule has 0 fully saturated rings. The van der Waals surface area contributed by atoms with Crippen LogP contribution in [-0.2, 0) is 6.42 Å². The predicted octanol–water partition coefficient (Wildman–Crippen LogP) is 6.65. The highest BCUT2D eigenvalue weighted by Gasteiger charge is 2.08. The molecule has 3 aromatic carbocycles. The van der Waals surface area contributed by atoms with Crippen LogP contribution in [0.4, 0.5) is 5.69 Å². The molecule has 3 heteroatoms. The molecule has 0 atom stereocenters. The maximum Gasteiger partial charge on any atom is 0.225 e. The highest BCUT2D eigenvalue weighted by molar-refractivity contribution is 5.96. The van der Waals surface area contributed by atoms with Gasteiger partial charge in [0.05, 0.1) is 11.9 Å². The summed E-state index contributed by atoms with van der Waals surface area (Å²) in [6.45, 7) is 6.11. The summed E-state index contributed by atoms with van der Waals surface area (Å²) in [4.78, 5) is 4.69. The van der Waals surface area contributed by atoms with Crippen LogP contribution in [0, 0.1) is 6.92 Å². The van der Waals surface area contributed by atoms with E-state index in [9.17, 15) is 0 Å². The van der Waals surface area contributed by atoms with Crippen molar-refractivity contribution in [3.8, 4) is 11.5 Å². The summed E-state index contributed by atoms with van der Waals surface area (Å²) in [5.74, 6) is 2.03. The number of ether oxygens (including phenoxy) is 2. The van der Waals surface area contributed by atoms with E-state index in [0.717, 1.165) is 29.2 Å². The van der Waals surface area contributed by atoms with Gasteiger partial charge >= 0.3 is 0 Å². The molecule has 0 heterocycles. The Morgan fingerprint density at radius 1 is 0.893 bits per heavy atom. The summed E-state index contributed by atoms with van der Waals surface area (Å²) in [5.41, 5.74) is 4.05. The molecule has 0 aliphatic rings. The molecule has 3 aromatic rings. The molecule has 0 saturated heterocycles. The first-order valence-corrected chi connectivity index (χ1v) is 9.45. The summed E-state index contributed by atoms with van der Waals surface area (Å²) in [6.07, 6.45) is 2.65. The van der Waals surface area contributed by atoms with E-state index in [1.165, 1.54) is 11.1 Å². The Morgan fingerprint density at radius 2 is 1.61 bits per heavy atom. The SMILES string of the molecule is CCc1cccc(O/C=C(C)/C(=N/c2ccc(C)cc2)Oc2ccccc2)c1. The summed E-state index contributed by atoms with van der Waals surface area (Å²) < 4.78 is 11.9. The normalized spacial score (nSPS) is 12.0. The van der Waals surface area contributed by atoms with Crippen molar-refractivity contribution < 1.29 is 9.47 Å². The Labute approximate surface area is 167 Å². The maximum atomic E-state index is 6.05. The highest BCUT2D eigenvalue weighted by Crippen LogP contribution is 2.19. The number of hydrogen-bond donors (Lipinski definition) is 0. The van der Waals surface area contributed by atoms with Crippen molar-refractivity contribution in [1.82, 2.24) is 0 Å². The third-order valence-corrected chi connectivity index (χ3v) is 4.24. The monoisotopic (exact) mass is 371 g/mol. The van der Waals surface area contributed by atoms with Crippen molar-refractivity contribution in [3.63, 3.8) is 0 Å². The lowest BCUT2D eigenvalue weighted by molar-refractivity contribution is 0.473. The third kappa shape index (κ3) is 5.58. The van der Waals surface area contributed by atoms with Gasteiger partial charge in [0.2, 0.25) is 5.90 Å². The van der Waals surface area contributed by atoms with E-state index in [-0.39, 0.29) is 0 Å². The minimum atomic E-state index is 0.502. The van der Waals surface area contributed by atoms with Crippen LogP contribution in [0.3, 0.4) is 0 Å². The number of benzene rings is 3. The Morgan fingerprint density at radius 3 is 2.32 bits per heavy atom. The van der Waals surface area contributed by atoms with Gasteiger partial charge in [0, 0.05) is 5.57 Å². The van der Waals surface area contributed by atoms with Gasteiger partial charge in [-0.3, -0.25) is 0 Å². The van der Waals surface area contributed by atoms with Gasteiger partial charge < -0.3 is 9.47 Å². The largest absolute Gasteiger partial charge is 0.465 e. The van der Waals surface area contributed by atoms with E-state index in [2.05, 4.69) is 24.9 Å². The first-order valence-electron chi connectivity index (χ1n) is 9.45. The molecule has 28 heavy (non-hydrogen) atoms. The minimum absolute atomic E-state index is 0.502. The smallest absolute Gasteiger partial charge is 0.225 e. The second-order valence-electron chi connectivity index (χ2n) is 6.59. The minimum Gasteiger partial charge on any atom is -0.465 e. The van der Waals surface area contributed by atoms with E-state index in [4.69, 9.17) is 9.47 Å². The average Bonchev–Trinajstić information content (AvgIpc) is 2.74. The number of rotatable bonds is 6. The van der Waals surface area contributed by atoms with Crippen LogP contribution in [0.5, 0.6) is 11.5 Å². The van der Waals surface area contributed by atoms with Crippen molar-refractivity contribution in [2.45, 2.75) is 27.2 Å². The van der Waals surface area contributed by atoms with Crippen molar-refractivity contribution >= 4 is 11.6 Å². The fourth-order valence-electron chi connectivity index (χ4n) is 2.57. The van der Waals surface area contributed by atoms with Crippen LogP contribution in [-0.4, -0.2) is 5.90 Å². The van der Waals surface area contributed by atoms with Crippen molar-refractivity contribution in [1.29, 1.82) is 0 Å². The number of aryl methyl sites for hydroxylation is 2. The molecule has 0 bridgehead atoms. The average molecular weight is 371 g/mol. The first-order chi connectivity index (χ1) is 13.6. The number of hydrogen-bond acceptors (Lipinski definition) is 3. The molecule has 0 radical (unpaired) electrons. The van der Waals surface area contributed by atoms with E-state index < -0.39 is 0 Å². The van der Waals surface area contributed by atoms with Crippen LogP contribution in [0.1, 0.15) is 25.0 Å². The molecule has 0 aliphatic carbocycles. The lowest BCUT2D eigenvalue weighted by Crippen LogP contribution is -2.10. The Hall–Kier alpha value is -3.33. The molecular formula is C25H25NO2. The molecule has 0 unspecified atom stereocenters. The van der Waals surface area contributed by atoms with Gasteiger partial charge in [-0.25, -0.2) is 4.99 Å². The third-order valence-electron chi connectivity index (χ3n) is 4.24. The maximum absolute atomic E-state index is 6.05. The van der Waals surface area contributed by atoms with Gasteiger partial charge in [-0.05, 0) is 62.2 Å². The van der Waals surface area contributed by atoms with Crippen molar-refractivity contribution in [2.75, 3.05) is 0 Å². The molecule has 0 aliphatic heterocycles. The fraction of sp³-hybridized carbons (Fsp3) is 0.160. The molecule has 3 rings (SSSR count). The van der Waals surface area contributed by atoms with Crippen molar-refractivity contribution in [3.05, 3.63) is 102 Å². The van der Waals surface area contributed by atoms with Crippen LogP contribution in [0.15, 0.2) is 95.7 Å². The van der Waals surface area contributed by atoms with Gasteiger partial charge in [0.15, 0.2) is 0 Å². The van der Waals surface area contributed by atoms with Gasteiger partial charge in [-0.1, -0.05) is 55.0 Å². The van der Waals surface area contributed by atoms with Crippen LogP contribution >= 0.6 is 0 Å². The molecule has 3 nitrogen and oxygen atoms in total. The molecule has 0 spiro atoms. The zero-order valence-corrected chi connectivity index (χ0v) is 16.6. The second-order valence-corrected chi connectivity index (χ2v) is 6.59. The Balaban J connectivity index is 1.86. The van der Waals surface area contributed by atoms with Gasteiger partial charge in [0.25, 0.3) is 0 Å². The highest BCUT2D eigenvalue weighted by atomic mass is 16.5. The zero-order chi connectivity index (χ0) is 19.8. The van der Waals surface area contributed by atoms with Crippen molar-refractivity contribution in [2.24, 2.45) is 4.99 Å². The van der Waals surface area contributed by atoms with Gasteiger partial charge in [0.1, 0.15) is 11.5 Å². The molecule has 0 saturated carbocycles. The molecule has 0 amide bonds. The molecular weight excluding hydrogens is 346 g/mol. The van der Waals surface area contributed by atoms with Crippen LogP contribution in [0.25, 0.3) is 0 Å². The summed E-state index contributed by atoms with van der Waals surface area (Å²) in [7, 11) is 0. The molecule has 0 N–H and O–H groups in total. The quantitative estimate of drug-likeness (QED) is 0.276. The Bertz CT molecular complexity index is 957. The van der Waals surface area contributed by atoms with E-state index in [1.54, 1.807) is 6.26 Å². The number of aliphatic imine (C=N–C) groups is 1. The number of nitrogens with zero attached hydrogens (tertiary/aromatic N) is 1. The van der Waals surface area contributed by atoms with Crippen LogP contribution < -0.4 is 9.47 Å². The van der Waals surface area contributed by atoms with Gasteiger partial charge in [-0.2, -0.15) is 0 Å². The Kier molecular flexibility index (Phi) is 6.64. The molecule has 142 valence electrons. The molecule has 0 aromatic heterocycles. The summed E-state index contributed by atoms with van der Waals surface area (Å²) >= 11 is 0. The van der Waals surface area contributed by atoms with E-state index in [0.29, 0.717) is 5.90 Å². The van der Waals surface area contributed by atoms with Crippen LogP contribution in [0.2, 0.25) is 0 Å². The van der Waals surface area contributed by atoms with Gasteiger partial charge in [-0.15, -0.1) is 0 Å². The standard InChI is InChI=1S/C25H25NO2/c1-4-21-9-8-12-24(17-21)27-18-20(3)25(28-23-10-6-5-7-11-23)26-22-15-13-19(2)14-16-22/h5-18H,4H2,1-3H3/b20-18+,26-25-. The lowest BCUT2D eigenvalue weighted by atomic mass is 10.2. The first kappa shape index (κ1) is 19.4. The second kappa shape index (κ2) is 9.56. The summed E-state index contributed by atoms with van der Waals surface area (Å²) in [6, 6.07) is 25.7. The number of para-hydroxylation sites is 1. The fourth-order valence-corrected chi connectivity index (χ4v) is 2.57. The predicted molar refractivity (Wildman–Crippen MR) is 116 cm³/mol. The lowest BCUT2D eigenvalue weighted by Gasteiger charge is -2.10. The topological polar surface area (TPSA) is 30.8 Å². The summed E-state index contributed by atoms with van der Waals surface area (Å²) in [5, 5.41) is 0.